The van der Waals surface area contributed by atoms with Crippen LogP contribution in [0.3, 0.4) is 0 Å². The van der Waals surface area contributed by atoms with Crippen LogP contribution in [0.5, 0.6) is 0 Å². The smallest absolute Gasteiger partial charge is 0.308 e. The van der Waals surface area contributed by atoms with Crippen LogP contribution >= 0.6 is 11.8 Å². The molecule has 1 fully saturated rings. The fourth-order valence-corrected chi connectivity index (χ4v) is 3.38. The molecule has 2 aliphatic heterocycles. The van der Waals surface area contributed by atoms with Crippen LogP contribution in [0.4, 0.5) is 0 Å². The summed E-state index contributed by atoms with van der Waals surface area (Å²) in [7, 11) is 0. The summed E-state index contributed by atoms with van der Waals surface area (Å²) in [5.41, 5.74) is -0.215. The van der Waals surface area contributed by atoms with Crippen molar-refractivity contribution in [1.82, 2.24) is 4.90 Å². The molecule has 0 saturated carbocycles. The average Bonchev–Trinajstić information content (AvgIpc) is 2.66. The number of thioether (sulfide) groups is 1. The highest BCUT2D eigenvalue weighted by molar-refractivity contribution is 7.99. The van der Waals surface area contributed by atoms with E-state index in [0.29, 0.717) is 16.9 Å². The number of nitrogens with zero attached hydrogens (tertiary/aromatic N) is 1. The van der Waals surface area contributed by atoms with Gasteiger partial charge in [-0.15, -0.1) is 11.8 Å². The van der Waals surface area contributed by atoms with Gasteiger partial charge in [0.15, 0.2) is 5.72 Å². The molecule has 0 aromatic heterocycles. The Morgan fingerprint density at radius 1 is 1.32 bits per heavy atom. The van der Waals surface area contributed by atoms with Crippen LogP contribution in [0.25, 0.3) is 0 Å². The Morgan fingerprint density at radius 3 is 2.95 bits per heavy atom. The lowest BCUT2D eigenvalue weighted by Crippen LogP contribution is -2.46. The normalized spacial score (nSPS) is 26.9. The number of ether oxygens (including phenoxy) is 1. The number of fused-ring (bicyclic) bond motifs is 3. The van der Waals surface area contributed by atoms with Gasteiger partial charge in [-0.05, 0) is 6.07 Å². The third kappa shape index (κ3) is 1.91. The summed E-state index contributed by atoms with van der Waals surface area (Å²) in [6.07, 6.45) is 0.0998. The van der Waals surface area contributed by atoms with Gasteiger partial charge in [0.25, 0.3) is 5.91 Å². The molecule has 0 aliphatic carbocycles. The van der Waals surface area contributed by atoms with E-state index in [0.717, 1.165) is 0 Å². The maximum atomic E-state index is 12.3. The standard InChI is InChI=1S/C13H13NO4S/c15-11-5-6-14-12(16)9-3-1-2-4-10(9)13(14,17)7-19-8-18-11/h1-4,17H,5-8H2. The lowest BCUT2D eigenvalue weighted by atomic mass is 10.0. The minimum absolute atomic E-state index is 0.0998. The zero-order valence-corrected chi connectivity index (χ0v) is 11.0. The summed E-state index contributed by atoms with van der Waals surface area (Å²) < 4.78 is 4.97. The number of benzene rings is 1. The van der Waals surface area contributed by atoms with Gasteiger partial charge in [-0.3, -0.25) is 9.59 Å². The Hall–Kier alpha value is -1.53. The number of esters is 1. The lowest BCUT2D eigenvalue weighted by Gasteiger charge is -2.33. The highest BCUT2D eigenvalue weighted by atomic mass is 32.2. The highest BCUT2D eigenvalue weighted by Crippen LogP contribution is 2.39. The molecule has 1 aromatic rings. The van der Waals surface area contributed by atoms with Crippen LogP contribution in [0.1, 0.15) is 22.3 Å². The van der Waals surface area contributed by atoms with Gasteiger partial charge in [-0.2, -0.15) is 0 Å². The van der Waals surface area contributed by atoms with Crippen LogP contribution < -0.4 is 0 Å². The molecule has 2 heterocycles. The number of hydrogen-bond donors (Lipinski definition) is 1. The molecule has 5 nitrogen and oxygen atoms in total. The number of amides is 1. The van der Waals surface area contributed by atoms with E-state index >= 15 is 0 Å². The highest BCUT2D eigenvalue weighted by Gasteiger charge is 2.48. The quantitative estimate of drug-likeness (QED) is 0.715. The third-order valence-electron chi connectivity index (χ3n) is 3.43. The molecular weight excluding hydrogens is 266 g/mol. The van der Waals surface area contributed by atoms with Crippen molar-refractivity contribution in [3.63, 3.8) is 0 Å². The molecule has 2 aliphatic rings. The number of carbonyl (C=O) groups excluding carboxylic acids is 2. The molecule has 1 atom stereocenters. The van der Waals surface area contributed by atoms with Crippen LogP contribution in [0.2, 0.25) is 0 Å². The van der Waals surface area contributed by atoms with Crippen molar-refractivity contribution in [3.05, 3.63) is 35.4 Å². The molecule has 1 amide bonds. The molecule has 6 heteroatoms. The van der Waals surface area contributed by atoms with Crippen molar-refractivity contribution < 1.29 is 19.4 Å². The maximum Gasteiger partial charge on any atom is 0.308 e. The van der Waals surface area contributed by atoms with Gasteiger partial charge >= 0.3 is 5.97 Å². The fraction of sp³-hybridized carbons (Fsp3) is 0.385. The second-order valence-corrected chi connectivity index (χ2v) is 5.48. The second kappa shape index (κ2) is 4.54. The van der Waals surface area contributed by atoms with Crippen molar-refractivity contribution in [2.24, 2.45) is 0 Å². The number of hydrogen-bond acceptors (Lipinski definition) is 5. The molecule has 0 spiro atoms. The predicted octanol–water partition coefficient (Wildman–Crippen LogP) is 0.925. The van der Waals surface area contributed by atoms with Crippen LogP contribution in [0.15, 0.2) is 24.3 Å². The van der Waals surface area contributed by atoms with Crippen molar-refractivity contribution in [2.45, 2.75) is 12.1 Å². The molecule has 19 heavy (non-hydrogen) atoms. The third-order valence-corrected chi connectivity index (χ3v) is 4.32. The van der Waals surface area contributed by atoms with Gasteiger partial charge in [0.1, 0.15) is 5.94 Å². The van der Waals surface area contributed by atoms with Gasteiger partial charge < -0.3 is 14.7 Å². The minimum atomic E-state index is -1.34. The first-order valence-electron chi connectivity index (χ1n) is 6.00. The lowest BCUT2D eigenvalue weighted by molar-refractivity contribution is -0.142. The van der Waals surface area contributed by atoms with E-state index in [4.69, 9.17) is 4.74 Å². The number of rotatable bonds is 0. The summed E-state index contributed by atoms with van der Waals surface area (Å²) in [5, 5.41) is 10.9. The Morgan fingerprint density at radius 2 is 2.11 bits per heavy atom. The SMILES string of the molecule is O=C1CCN2C(=O)c3ccccc3C2(O)CSCO1. The first-order valence-corrected chi connectivity index (χ1v) is 7.15. The van der Waals surface area contributed by atoms with Crippen molar-refractivity contribution in [2.75, 3.05) is 18.2 Å². The molecular formula is C13H13NO4S. The topological polar surface area (TPSA) is 66.8 Å². The van der Waals surface area contributed by atoms with Crippen molar-refractivity contribution >= 4 is 23.6 Å². The zero-order valence-electron chi connectivity index (χ0n) is 10.2. The van der Waals surface area contributed by atoms with E-state index in [1.807, 2.05) is 0 Å². The average molecular weight is 279 g/mol. The number of carbonyl (C=O) groups is 2. The zero-order chi connectivity index (χ0) is 13.5. The Balaban J connectivity index is 2.03. The molecule has 1 saturated heterocycles. The molecule has 1 aromatic carbocycles. The van der Waals surface area contributed by atoms with Gasteiger partial charge in [-0.1, -0.05) is 18.2 Å². The van der Waals surface area contributed by atoms with Crippen LogP contribution in [-0.2, 0) is 15.3 Å². The maximum absolute atomic E-state index is 12.3. The summed E-state index contributed by atoms with van der Waals surface area (Å²) in [4.78, 5) is 25.1. The van der Waals surface area contributed by atoms with Gasteiger partial charge in [0.2, 0.25) is 0 Å². The van der Waals surface area contributed by atoms with Crippen LogP contribution in [-0.4, -0.2) is 40.1 Å². The monoisotopic (exact) mass is 279 g/mol. The van der Waals surface area contributed by atoms with Gasteiger partial charge in [0, 0.05) is 23.4 Å². The van der Waals surface area contributed by atoms with Crippen molar-refractivity contribution in [1.29, 1.82) is 0 Å². The Kier molecular flexibility index (Phi) is 2.99. The molecule has 1 unspecified atom stereocenters. The van der Waals surface area contributed by atoms with E-state index in [-0.39, 0.29) is 30.8 Å². The Labute approximate surface area is 114 Å². The largest absolute Gasteiger partial charge is 0.455 e. The molecule has 100 valence electrons. The molecule has 3 rings (SSSR count). The van der Waals surface area contributed by atoms with E-state index < -0.39 is 5.72 Å². The first-order chi connectivity index (χ1) is 9.13. The summed E-state index contributed by atoms with van der Waals surface area (Å²) in [6.45, 7) is 0.170. The molecule has 0 bridgehead atoms. The second-order valence-electron chi connectivity index (χ2n) is 4.55. The van der Waals surface area contributed by atoms with Gasteiger partial charge in [-0.25, -0.2) is 0 Å². The predicted molar refractivity (Wildman–Crippen MR) is 69.4 cm³/mol. The number of cyclic esters (lactones) is 1. The van der Waals surface area contributed by atoms with Gasteiger partial charge in [0.05, 0.1) is 6.42 Å². The molecule has 0 radical (unpaired) electrons. The Bertz CT molecular complexity index is 547. The first kappa shape index (κ1) is 12.5. The summed E-state index contributed by atoms with van der Waals surface area (Å²) in [6, 6.07) is 7.03. The summed E-state index contributed by atoms with van der Waals surface area (Å²) in [5.74, 6) is -0.0807. The minimum Gasteiger partial charge on any atom is -0.455 e. The van der Waals surface area contributed by atoms with E-state index in [1.54, 1.807) is 24.3 Å². The van der Waals surface area contributed by atoms with E-state index in [2.05, 4.69) is 0 Å². The van der Waals surface area contributed by atoms with E-state index in [9.17, 15) is 14.7 Å². The fourth-order valence-electron chi connectivity index (χ4n) is 2.49. The molecule has 1 N–H and O–H groups in total. The number of aliphatic hydroxyl groups is 1. The van der Waals surface area contributed by atoms with Crippen molar-refractivity contribution in [3.8, 4) is 0 Å². The van der Waals surface area contributed by atoms with E-state index in [1.165, 1.54) is 16.7 Å². The van der Waals surface area contributed by atoms with Crippen LogP contribution in [0, 0.1) is 0 Å². The summed E-state index contributed by atoms with van der Waals surface area (Å²) >= 11 is 1.30.